The zero-order chi connectivity index (χ0) is 14.3. The van der Waals surface area contributed by atoms with Crippen molar-refractivity contribution in [3.8, 4) is 5.88 Å². The SMILES string of the molecule is CCCOc1cc(C)nc(N(CCCBr)C(C)C)n1. The van der Waals surface area contributed by atoms with Crippen LogP contribution in [0.15, 0.2) is 6.07 Å². The van der Waals surface area contributed by atoms with Crippen molar-refractivity contribution in [1.29, 1.82) is 0 Å². The molecule has 0 radical (unpaired) electrons. The van der Waals surface area contributed by atoms with Crippen molar-refractivity contribution in [3.63, 3.8) is 0 Å². The van der Waals surface area contributed by atoms with Crippen molar-refractivity contribution in [2.75, 3.05) is 23.4 Å². The van der Waals surface area contributed by atoms with Gasteiger partial charge < -0.3 is 9.64 Å². The molecule has 0 spiro atoms. The second-order valence-electron chi connectivity index (χ2n) is 4.83. The molecule has 0 aliphatic carbocycles. The van der Waals surface area contributed by atoms with E-state index in [1.54, 1.807) is 0 Å². The van der Waals surface area contributed by atoms with E-state index in [1.807, 2.05) is 13.0 Å². The first kappa shape index (κ1) is 16.2. The van der Waals surface area contributed by atoms with Gasteiger partial charge in [0.25, 0.3) is 0 Å². The highest BCUT2D eigenvalue weighted by molar-refractivity contribution is 9.09. The van der Waals surface area contributed by atoms with E-state index in [0.29, 0.717) is 18.5 Å². The van der Waals surface area contributed by atoms with E-state index in [2.05, 4.69) is 51.6 Å². The molecule has 0 aliphatic rings. The van der Waals surface area contributed by atoms with Gasteiger partial charge in [0.05, 0.1) is 6.61 Å². The number of anilines is 1. The van der Waals surface area contributed by atoms with E-state index in [4.69, 9.17) is 4.74 Å². The summed E-state index contributed by atoms with van der Waals surface area (Å²) in [5, 5.41) is 0.987. The number of hydrogen-bond acceptors (Lipinski definition) is 4. The molecule has 1 aromatic rings. The zero-order valence-electron chi connectivity index (χ0n) is 12.3. The van der Waals surface area contributed by atoms with Gasteiger partial charge in [0.1, 0.15) is 0 Å². The van der Waals surface area contributed by atoms with Crippen LogP contribution in [0.5, 0.6) is 5.88 Å². The van der Waals surface area contributed by atoms with Crippen molar-refractivity contribution < 1.29 is 4.74 Å². The fourth-order valence-electron chi connectivity index (χ4n) is 1.75. The fourth-order valence-corrected chi connectivity index (χ4v) is 2.00. The maximum atomic E-state index is 5.62. The lowest BCUT2D eigenvalue weighted by molar-refractivity contribution is 0.304. The summed E-state index contributed by atoms with van der Waals surface area (Å²) in [7, 11) is 0. The van der Waals surface area contributed by atoms with Gasteiger partial charge in [0, 0.05) is 29.7 Å². The Kier molecular flexibility index (Phi) is 7.13. The van der Waals surface area contributed by atoms with Crippen LogP contribution in [0.4, 0.5) is 5.95 Å². The molecule has 1 aromatic heterocycles. The lowest BCUT2D eigenvalue weighted by Crippen LogP contribution is -2.33. The summed E-state index contributed by atoms with van der Waals surface area (Å²) in [6, 6.07) is 2.27. The molecule has 1 heterocycles. The van der Waals surface area contributed by atoms with Crippen molar-refractivity contribution in [3.05, 3.63) is 11.8 Å². The molecule has 0 saturated carbocycles. The van der Waals surface area contributed by atoms with Gasteiger partial charge in [-0.15, -0.1) is 0 Å². The van der Waals surface area contributed by atoms with E-state index < -0.39 is 0 Å². The average Bonchev–Trinajstić information content (AvgIpc) is 2.36. The van der Waals surface area contributed by atoms with Gasteiger partial charge in [-0.25, -0.2) is 4.98 Å². The Bertz CT molecular complexity index is 385. The normalized spacial score (nSPS) is 10.8. The van der Waals surface area contributed by atoms with E-state index >= 15 is 0 Å². The van der Waals surface area contributed by atoms with Crippen LogP contribution < -0.4 is 9.64 Å². The van der Waals surface area contributed by atoms with Crippen LogP contribution in [0.25, 0.3) is 0 Å². The highest BCUT2D eigenvalue weighted by Gasteiger charge is 2.14. The molecule has 1 rings (SSSR count). The van der Waals surface area contributed by atoms with E-state index in [1.165, 1.54) is 0 Å². The number of alkyl halides is 1. The third-order valence-corrected chi connectivity index (χ3v) is 3.25. The molecular weight excluding hydrogens is 306 g/mol. The second kappa shape index (κ2) is 8.35. The highest BCUT2D eigenvalue weighted by Crippen LogP contribution is 2.18. The van der Waals surface area contributed by atoms with Gasteiger partial charge in [-0.3, -0.25) is 0 Å². The molecule has 0 N–H and O–H groups in total. The second-order valence-corrected chi connectivity index (χ2v) is 5.62. The third-order valence-electron chi connectivity index (χ3n) is 2.69. The van der Waals surface area contributed by atoms with Crippen LogP contribution in [-0.2, 0) is 0 Å². The zero-order valence-corrected chi connectivity index (χ0v) is 13.9. The van der Waals surface area contributed by atoms with Gasteiger partial charge in [-0.2, -0.15) is 4.98 Å². The summed E-state index contributed by atoms with van der Waals surface area (Å²) >= 11 is 3.47. The lowest BCUT2D eigenvalue weighted by Gasteiger charge is -2.27. The number of halogens is 1. The molecule has 5 heteroatoms. The molecule has 0 saturated heterocycles. The maximum absolute atomic E-state index is 5.62. The monoisotopic (exact) mass is 329 g/mol. The van der Waals surface area contributed by atoms with Gasteiger partial charge in [-0.05, 0) is 33.6 Å². The molecule has 19 heavy (non-hydrogen) atoms. The van der Waals surface area contributed by atoms with Crippen molar-refractivity contribution in [2.45, 2.75) is 46.6 Å². The van der Waals surface area contributed by atoms with Crippen LogP contribution in [0.3, 0.4) is 0 Å². The number of aromatic nitrogens is 2. The highest BCUT2D eigenvalue weighted by atomic mass is 79.9. The smallest absolute Gasteiger partial charge is 0.229 e. The van der Waals surface area contributed by atoms with E-state index in [0.717, 1.165) is 36.4 Å². The summed E-state index contributed by atoms with van der Waals surface area (Å²) in [5.41, 5.74) is 0.945. The third kappa shape index (κ3) is 5.35. The van der Waals surface area contributed by atoms with Crippen molar-refractivity contribution >= 4 is 21.9 Å². The predicted molar refractivity (Wildman–Crippen MR) is 83.4 cm³/mol. The van der Waals surface area contributed by atoms with Crippen LogP contribution >= 0.6 is 15.9 Å². The minimum Gasteiger partial charge on any atom is -0.478 e. The Morgan fingerprint density at radius 1 is 1.37 bits per heavy atom. The van der Waals surface area contributed by atoms with Gasteiger partial charge >= 0.3 is 0 Å². The maximum Gasteiger partial charge on any atom is 0.229 e. The van der Waals surface area contributed by atoms with Crippen LogP contribution in [0.1, 0.15) is 39.3 Å². The van der Waals surface area contributed by atoms with E-state index in [-0.39, 0.29) is 0 Å². The first-order valence-electron chi connectivity index (χ1n) is 6.89. The Morgan fingerprint density at radius 3 is 2.68 bits per heavy atom. The van der Waals surface area contributed by atoms with E-state index in [9.17, 15) is 0 Å². The van der Waals surface area contributed by atoms with Gasteiger partial charge in [0.15, 0.2) is 0 Å². The molecule has 0 unspecified atom stereocenters. The number of rotatable bonds is 8. The largest absolute Gasteiger partial charge is 0.478 e. The van der Waals surface area contributed by atoms with Gasteiger partial charge in [-0.1, -0.05) is 22.9 Å². The Labute approximate surface area is 124 Å². The minimum atomic E-state index is 0.375. The molecule has 0 aromatic carbocycles. The number of nitrogens with zero attached hydrogens (tertiary/aromatic N) is 3. The summed E-state index contributed by atoms with van der Waals surface area (Å²) in [6.07, 6.45) is 2.05. The van der Waals surface area contributed by atoms with Crippen LogP contribution in [0.2, 0.25) is 0 Å². The summed E-state index contributed by atoms with van der Waals surface area (Å²) < 4.78 is 5.62. The van der Waals surface area contributed by atoms with Crippen molar-refractivity contribution in [2.24, 2.45) is 0 Å². The fraction of sp³-hybridized carbons (Fsp3) is 0.714. The molecule has 0 atom stereocenters. The number of ether oxygens (including phenoxy) is 1. The first-order chi connectivity index (χ1) is 9.08. The molecule has 0 aliphatic heterocycles. The summed E-state index contributed by atoms with van der Waals surface area (Å²) in [4.78, 5) is 11.3. The Morgan fingerprint density at radius 2 is 2.11 bits per heavy atom. The van der Waals surface area contributed by atoms with Crippen molar-refractivity contribution in [1.82, 2.24) is 9.97 Å². The van der Waals surface area contributed by atoms with Gasteiger partial charge in [0.2, 0.25) is 11.8 Å². The molecule has 108 valence electrons. The minimum absolute atomic E-state index is 0.375. The number of aryl methyl sites for hydroxylation is 1. The first-order valence-corrected chi connectivity index (χ1v) is 8.01. The topological polar surface area (TPSA) is 38.2 Å². The van der Waals surface area contributed by atoms with Crippen LogP contribution in [-0.4, -0.2) is 34.5 Å². The van der Waals surface area contributed by atoms with Crippen LogP contribution in [0, 0.1) is 6.92 Å². The lowest BCUT2D eigenvalue weighted by atomic mass is 10.3. The number of hydrogen-bond donors (Lipinski definition) is 0. The average molecular weight is 330 g/mol. The Balaban J connectivity index is 2.91. The standard InChI is InChI=1S/C14H24BrN3O/c1-5-9-19-13-10-12(4)16-14(17-13)18(11(2)3)8-6-7-15/h10-11H,5-9H2,1-4H3. The summed E-state index contributed by atoms with van der Waals surface area (Å²) in [5.74, 6) is 1.44. The molecular formula is C14H24BrN3O. The Hall–Kier alpha value is -0.840. The summed E-state index contributed by atoms with van der Waals surface area (Å²) in [6.45, 7) is 10.0. The molecule has 0 fully saturated rings. The molecule has 0 amide bonds. The molecule has 4 nitrogen and oxygen atoms in total. The predicted octanol–water partition coefficient (Wildman–Crippen LogP) is 3.57. The quantitative estimate of drug-likeness (QED) is 0.683. The molecule has 0 bridgehead atoms.